The second-order valence-corrected chi connectivity index (χ2v) is 6.80. The molecule has 0 aliphatic heterocycles. The van der Waals surface area contributed by atoms with Crippen molar-refractivity contribution in [3.05, 3.63) is 34.9 Å². The molecule has 0 amide bonds. The highest BCUT2D eigenvalue weighted by Crippen LogP contribution is 2.16. The van der Waals surface area contributed by atoms with E-state index in [1.165, 1.54) is 0 Å². The number of halogens is 1. The minimum absolute atomic E-state index is 0.149. The number of aliphatic carboxylic acids is 1. The smallest absolute Gasteiger partial charge is 0.320 e. The average Bonchev–Trinajstić information content (AvgIpc) is 2.42. The molecule has 2 N–H and O–H groups in total. The maximum Gasteiger partial charge on any atom is 0.320 e. The van der Waals surface area contributed by atoms with Gasteiger partial charge in [0.15, 0.2) is 0 Å². The molecule has 124 valence electrons. The highest BCUT2D eigenvalue weighted by molar-refractivity contribution is 6.30. The number of nitrogens with one attached hydrogen (secondary N) is 1. The van der Waals surface area contributed by atoms with Crippen LogP contribution in [0.1, 0.15) is 52.0 Å². The zero-order valence-electron chi connectivity index (χ0n) is 13.8. The molecule has 0 aromatic heterocycles. The molecule has 0 spiro atoms. The van der Waals surface area contributed by atoms with Crippen LogP contribution in [0, 0.1) is 5.92 Å². The minimum Gasteiger partial charge on any atom is -0.480 e. The summed E-state index contributed by atoms with van der Waals surface area (Å²) >= 11 is 6.04. The topological polar surface area (TPSA) is 49.3 Å². The van der Waals surface area contributed by atoms with Crippen LogP contribution in [-0.4, -0.2) is 23.2 Å². The molecular formula is C18H28ClNO2. The lowest BCUT2D eigenvalue weighted by molar-refractivity contribution is -0.140. The predicted molar refractivity (Wildman–Crippen MR) is 92.5 cm³/mol. The number of hydrogen-bond donors (Lipinski definition) is 2. The summed E-state index contributed by atoms with van der Waals surface area (Å²) in [4.78, 5) is 11.4. The molecule has 0 saturated carbocycles. The number of hydrogen-bond acceptors (Lipinski definition) is 2. The Hall–Kier alpha value is -1.06. The van der Waals surface area contributed by atoms with E-state index < -0.39 is 12.0 Å². The van der Waals surface area contributed by atoms with E-state index in [1.54, 1.807) is 0 Å². The first-order valence-electron chi connectivity index (χ1n) is 8.15. The fourth-order valence-corrected chi connectivity index (χ4v) is 2.91. The van der Waals surface area contributed by atoms with Crippen molar-refractivity contribution in [1.82, 2.24) is 5.32 Å². The Balaban J connectivity index is 2.75. The Kier molecular flexibility index (Phi) is 8.51. The summed E-state index contributed by atoms with van der Waals surface area (Å²) in [5.74, 6) is -0.245. The van der Waals surface area contributed by atoms with E-state index in [2.05, 4.69) is 26.1 Å². The first-order chi connectivity index (χ1) is 10.4. The van der Waals surface area contributed by atoms with Crippen molar-refractivity contribution in [2.24, 2.45) is 5.92 Å². The molecule has 0 heterocycles. The third-order valence-corrected chi connectivity index (χ3v) is 3.94. The number of unbranched alkanes of at least 4 members (excludes halogenated alkanes) is 1. The largest absolute Gasteiger partial charge is 0.480 e. The van der Waals surface area contributed by atoms with Crippen LogP contribution < -0.4 is 5.32 Å². The van der Waals surface area contributed by atoms with E-state index in [-0.39, 0.29) is 6.04 Å². The third-order valence-electron chi connectivity index (χ3n) is 3.71. The summed E-state index contributed by atoms with van der Waals surface area (Å²) in [5.41, 5.74) is 1.14. The van der Waals surface area contributed by atoms with Crippen LogP contribution in [0.3, 0.4) is 0 Å². The summed E-state index contributed by atoms with van der Waals surface area (Å²) in [7, 11) is 0. The summed E-state index contributed by atoms with van der Waals surface area (Å²) in [5, 5.41) is 13.5. The van der Waals surface area contributed by atoms with Gasteiger partial charge in [-0.25, -0.2) is 0 Å². The Morgan fingerprint density at radius 3 is 2.64 bits per heavy atom. The van der Waals surface area contributed by atoms with Gasteiger partial charge in [0.1, 0.15) is 6.04 Å². The maximum absolute atomic E-state index is 11.4. The van der Waals surface area contributed by atoms with Gasteiger partial charge in [-0.05, 0) is 42.9 Å². The first kappa shape index (κ1) is 19.0. The Morgan fingerprint density at radius 1 is 1.36 bits per heavy atom. The predicted octanol–water partition coefficient (Wildman–Crippen LogP) is 4.53. The first-order valence-corrected chi connectivity index (χ1v) is 8.53. The lowest BCUT2D eigenvalue weighted by Gasteiger charge is -2.25. The molecule has 0 radical (unpaired) electrons. The van der Waals surface area contributed by atoms with Gasteiger partial charge in [0.05, 0.1) is 0 Å². The van der Waals surface area contributed by atoms with Crippen LogP contribution in [0.25, 0.3) is 0 Å². The van der Waals surface area contributed by atoms with Gasteiger partial charge in [0.2, 0.25) is 0 Å². The molecule has 1 rings (SSSR count). The quantitative estimate of drug-likeness (QED) is 0.664. The Labute approximate surface area is 139 Å². The molecule has 22 heavy (non-hydrogen) atoms. The molecule has 0 fully saturated rings. The standard InChI is InChI=1S/C18H28ClNO2/c1-4-5-9-17(18(21)22)20-16(10-13(2)3)12-14-7-6-8-15(19)11-14/h6-8,11,13,16-17,20H,4-5,9-10,12H2,1-3H3,(H,21,22)/t16?,17-/m0/s1. The summed E-state index contributed by atoms with van der Waals surface area (Å²) < 4.78 is 0. The number of rotatable bonds is 10. The van der Waals surface area contributed by atoms with Crippen LogP contribution in [0.4, 0.5) is 0 Å². The normalized spacial score (nSPS) is 14.0. The van der Waals surface area contributed by atoms with Gasteiger partial charge in [-0.15, -0.1) is 0 Å². The van der Waals surface area contributed by atoms with Crippen molar-refractivity contribution in [3.63, 3.8) is 0 Å². The molecule has 2 atom stereocenters. The monoisotopic (exact) mass is 325 g/mol. The van der Waals surface area contributed by atoms with Gasteiger partial charge in [-0.3, -0.25) is 4.79 Å². The van der Waals surface area contributed by atoms with Gasteiger partial charge >= 0.3 is 5.97 Å². The minimum atomic E-state index is -0.756. The lowest BCUT2D eigenvalue weighted by atomic mass is 9.96. The zero-order valence-corrected chi connectivity index (χ0v) is 14.6. The molecule has 1 unspecified atom stereocenters. The van der Waals surface area contributed by atoms with Gasteiger partial charge in [0, 0.05) is 11.1 Å². The number of carbonyl (C=O) groups is 1. The Morgan fingerprint density at radius 2 is 2.09 bits per heavy atom. The summed E-state index contributed by atoms with van der Waals surface area (Å²) in [6.45, 7) is 6.40. The zero-order chi connectivity index (χ0) is 16.5. The lowest BCUT2D eigenvalue weighted by Crippen LogP contribution is -2.45. The fraction of sp³-hybridized carbons (Fsp3) is 0.611. The SMILES string of the molecule is CCCC[C@H](NC(Cc1cccc(Cl)c1)CC(C)C)C(=O)O. The number of benzene rings is 1. The van der Waals surface area contributed by atoms with Crippen LogP contribution in [0.15, 0.2) is 24.3 Å². The van der Waals surface area contributed by atoms with Gasteiger partial charge in [0.25, 0.3) is 0 Å². The van der Waals surface area contributed by atoms with Crippen molar-refractivity contribution < 1.29 is 9.90 Å². The van der Waals surface area contributed by atoms with Crippen molar-refractivity contribution in [2.45, 2.75) is 65.0 Å². The molecule has 4 heteroatoms. The van der Waals surface area contributed by atoms with E-state index in [1.807, 2.05) is 24.3 Å². The summed E-state index contributed by atoms with van der Waals surface area (Å²) in [6, 6.07) is 7.48. The number of carboxylic acids is 1. The van der Waals surface area contributed by atoms with E-state index in [0.717, 1.165) is 36.3 Å². The van der Waals surface area contributed by atoms with Crippen LogP contribution >= 0.6 is 11.6 Å². The number of carboxylic acid groups (broad SMARTS) is 1. The molecule has 3 nitrogen and oxygen atoms in total. The van der Waals surface area contributed by atoms with E-state index >= 15 is 0 Å². The Bertz CT molecular complexity index is 462. The molecule has 1 aromatic rings. The van der Waals surface area contributed by atoms with Crippen molar-refractivity contribution in [2.75, 3.05) is 0 Å². The average molecular weight is 326 g/mol. The molecule has 0 bridgehead atoms. The van der Waals surface area contributed by atoms with Crippen molar-refractivity contribution in [3.8, 4) is 0 Å². The van der Waals surface area contributed by atoms with Crippen LogP contribution in [0.5, 0.6) is 0 Å². The molecule has 0 saturated heterocycles. The third kappa shape index (κ3) is 7.28. The van der Waals surface area contributed by atoms with E-state index in [0.29, 0.717) is 12.3 Å². The maximum atomic E-state index is 11.4. The molecule has 1 aromatic carbocycles. The molecule has 0 aliphatic rings. The van der Waals surface area contributed by atoms with Gasteiger partial charge in [-0.2, -0.15) is 0 Å². The summed E-state index contributed by atoms with van der Waals surface area (Å²) in [6.07, 6.45) is 4.36. The second kappa shape index (κ2) is 9.86. The molecular weight excluding hydrogens is 298 g/mol. The van der Waals surface area contributed by atoms with Gasteiger partial charge < -0.3 is 10.4 Å². The second-order valence-electron chi connectivity index (χ2n) is 6.36. The van der Waals surface area contributed by atoms with Gasteiger partial charge in [-0.1, -0.05) is 57.3 Å². The van der Waals surface area contributed by atoms with Crippen molar-refractivity contribution in [1.29, 1.82) is 0 Å². The molecule has 0 aliphatic carbocycles. The van der Waals surface area contributed by atoms with Crippen LogP contribution in [0.2, 0.25) is 5.02 Å². The fourth-order valence-electron chi connectivity index (χ4n) is 2.70. The highest BCUT2D eigenvalue weighted by atomic mass is 35.5. The van der Waals surface area contributed by atoms with Crippen molar-refractivity contribution >= 4 is 17.6 Å². The van der Waals surface area contributed by atoms with Crippen LogP contribution in [-0.2, 0) is 11.2 Å². The van der Waals surface area contributed by atoms with E-state index in [4.69, 9.17) is 11.6 Å². The highest BCUT2D eigenvalue weighted by Gasteiger charge is 2.22. The van der Waals surface area contributed by atoms with E-state index in [9.17, 15) is 9.90 Å².